The molecule has 11 heteroatoms. The van der Waals surface area contributed by atoms with Crippen LogP contribution in [0.15, 0.2) is 30.3 Å². The number of aliphatic hydroxyl groups is 1. The van der Waals surface area contributed by atoms with Gasteiger partial charge in [-0.15, -0.1) is 11.3 Å². The van der Waals surface area contributed by atoms with Crippen LogP contribution in [0.1, 0.15) is 59.8 Å². The zero-order chi connectivity index (χ0) is 25.3. The Morgan fingerprint density at radius 3 is 2.69 bits per heavy atom. The fourth-order valence-corrected chi connectivity index (χ4v) is 6.09. The van der Waals surface area contributed by atoms with Crippen LogP contribution in [-0.2, 0) is 0 Å². The van der Waals surface area contributed by atoms with Crippen molar-refractivity contribution in [3.05, 3.63) is 45.6 Å². The minimum atomic E-state index is -1.81. The third-order valence-corrected chi connectivity index (χ3v) is 7.87. The molecule has 3 heterocycles. The standard InChI is InChI=1S/C24H31N5O4S2/c1-14-10-11-18(34-14)20(24(2,3)4)26-22-21(27-35(33)28-22)25-17-9-5-8-16(19(17)31)23(32)29-12-6-7-15(29)13-30/h5,8-11,15,20,30-31H,6-7,12-13H2,1-4H3,(H,25,27)(H,26,28)/t15-,20-,35?/m0/s1. The van der Waals surface area contributed by atoms with E-state index in [4.69, 9.17) is 0 Å². The van der Waals surface area contributed by atoms with E-state index in [0.717, 1.165) is 17.7 Å². The molecule has 0 aliphatic carbocycles. The van der Waals surface area contributed by atoms with E-state index >= 15 is 0 Å². The molecule has 0 saturated carbocycles. The van der Waals surface area contributed by atoms with Crippen LogP contribution < -0.4 is 10.6 Å². The topological polar surface area (TPSA) is 134 Å². The van der Waals surface area contributed by atoms with Crippen LogP contribution in [0, 0.1) is 12.3 Å². The van der Waals surface area contributed by atoms with Crippen LogP contribution in [0.25, 0.3) is 0 Å². The summed E-state index contributed by atoms with van der Waals surface area (Å²) in [7, 11) is 0. The summed E-state index contributed by atoms with van der Waals surface area (Å²) in [6.45, 7) is 8.79. The fourth-order valence-electron chi connectivity index (χ4n) is 4.29. The molecule has 3 aromatic rings. The van der Waals surface area contributed by atoms with Crippen molar-refractivity contribution in [2.45, 2.75) is 52.6 Å². The number of amides is 1. The van der Waals surface area contributed by atoms with Gasteiger partial charge in [-0.1, -0.05) is 26.8 Å². The van der Waals surface area contributed by atoms with Crippen LogP contribution in [-0.4, -0.2) is 53.5 Å². The molecule has 1 saturated heterocycles. The van der Waals surface area contributed by atoms with Crippen molar-refractivity contribution < 1.29 is 19.6 Å². The fraction of sp³-hybridized carbons (Fsp3) is 0.458. The number of carbonyl (C=O) groups excluding carboxylic acids is 1. The molecule has 1 aliphatic heterocycles. The Kier molecular flexibility index (Phi) is 7.32. The molecule has 4 N–H and O–H groups in total. The molecule has 188 valence electrons. The monoisotopic (exact) mass is 517 g/mol. The quantitative estimate of drug-likeness (QED) is 0.259. The molecule has 1 unspecified atom stereocenters. The molecule has 4 rings (SSSR count). The zero-order valence-corrected chi connectivity index (χ0v) is 21.9. The number of aliphatic hydroxyl groups excluding tert-OH is 1. The highest BCUT2D eigenvalue weighted by Crippen LogP contribution is 2.41. The van der Waals surface area contributed by atoms with Gasteiger partial charge >= 0.3 is 0 Å². The Bertz CT molecular complexity index is 1200. The average molecular weight is 518 g/mol. The van der Waals surface area contributed by atoms with Gasteiger partial charge in [0.2, 0.25) is 11.6 Å². The van der Waals surface area contributed by atoms with E-state index in [1.54, 1.807) is 34.4 Å². The number of thiophene rings is 1. The highest BCUT2D eigenvalue weighted by molar-refractivity contribution is 7.14. The van der Waals surface area contributed by atoms with Crippen molar-refractivity contribution in [2.24, 2.45) is 5.41 Å². The normalized spacial score (nSPS) is 17.5. The number of hydrogen-bond donors (Lipinski definition) is 4. The number of benzene rings is 1. The molecule has 0 bridgehead atoms. The van der Waals surface area contributed by atoms with Crippen molar-refractivity contribution >= 4 is 45.7 Å². The van der Waals surface area contributed by atoms with E-state index in [2.05, 4.69) is 52.3 Å². The molecular weight excluding hydrogens is 486 g/mol. The molecular formula is C24H31N5O4S2. The van der Waals surface area contributed by atoms with Gasteiger partial charge in [0.15, 0.2) is 16.9 Å². The van der Waals surface area contributed by atoms with Gasteiger partial charge in [0.25, 0.3) is 5.91 Å². The second-order valence-electron chi connectivity index (χ2n) is 9.81. The number of carbonyl (C=O) groups is 1. The minimum absolute atomic E-state index is 0.114. The van der Waals surface area contributed by atoms with Gasteiger partial charge in [0, 0.05) is 25.0 Å². The summed E-state index contributed by atoms with van der Waals surface area (Å²) in [5.74, 6) is -0.0277. The predicted octanol–water partition coefficient (Wildman–Crippen LogP) is 4.82. The SMILES string of the molecule is Cc1ccc([C@H](Nc2n[s+]([O-])nc2Nc2cccc(C(=O)N3CCC[C@H]3CO)c2O)C(C)(C)C)s1. The number of hydrogen-bond acceptors (Lipinski definition) is 9. The molecule has 2 aromatic heterocycles. The number of aromatic hydroxyl groups is 1. The van der Waals surface area contributed by atoms with E-state index < -0.39 is 11.1 Å². The molecule has 1 aromatic carbocycles. The lowest BCUT2D eigenvalue weighted by atomic mass is 9.86. The van der Waals surface area contributed by atoms with Crippen LogP contribution in [0.5, 0.6) is 5.75 Å². The molecule has 1 fully saturated rings. The Labute approximate surface area is 212 Å². The average Bonchev–Trinajstić information content (AvgIpc) is 3.52. The first-order chi connectivity index (χ1) is 16.6. The predicted molar refractivity (Wildman–Crippen MR) is 138 cm³/mol. The summed E-state index contributed by atoms with van der Waals surface area (Å²) in [5.41, 5.74) is 0.202. The Morgan fingerprint density at radius 1 is 1.29 bits per heavy atom. The highest BCUT2D eigenvalue weighted by Gasteiger charge is 2.32. The maximum absolute atomic E-state index is 13.1. The number of para-hydroxylation sites is 1. The van der Waals surface area contributed by atoms with E-state index in [1.807, 2.05) is 6.92 Å². The largest absolute Gasteiger partial charge is 0.546 e. The summed E-state index contributed by atoms with van der Waals surface area (Å²) in [5, 5.41) is 26.9. The van der Waals surface area contributed by atoms with Gasteiger partial charge in [-0.3, -0.25) is 4.79 Å². The Hall–Kier alpha value is -2.73. The first-order valence-corrected chi connectivity index (χ1v) is 13.4. The minimum Gasteiger partial charge on any atom is -0.546 e. The number of anilines is 3. The van der Waals surface area contributed by atoms with Crippen LogP contribution in [0.4, 0.5) is 17.3 Å². The van der Waals surface area contributed by atoms with E-state index in [-0.39, 0.29) is 52.8 Å². The van der Waals surface area contributed by atoms with Crippen molar-refractivity contribution in [3.8, 4) is 5.75 Å². The van der Waals surface area contributed by atoms with E-state index in [1.165, 1.54) is 4.88 Å². The Morgan fingerprint density at radius 2 is 2.03 bits per heavy atom. The Balaban J connectivity index is 1.61. The summed E-state index contributed by atoms with van der Waals surface area (Å²) in [6, 6.07) is 8.58. The number of nitrogens with zero attached hydrogens (tertiary/aromatic N) is 3. The van der Waals surface area contributed by atoms with E-state index in [9.17, 15) is 19.6 Å². The van der Waals surface area contributed by atoms with Crippen molar-refractivity contribution in [1.29, 1.82) is 0 Å². The molecule has 0 radical (unpaired) electrons. The number of aromatic nitrogens is 2. The van der Waals surface area contributed by atoms with Crippen molar-refractivity contribution in [2.75, 3.05) is 23.8 Å². The summed E-state index contributed by atoms with van der Waals surface area (Å²) < 4.78 is 20.5. The number of rotatable bonds is 7. The molecule has 0 spiro atoms. The van der Waals surface area contributed by atoms with Gasteiger partial charge in [-0.05, 0) is 49.4 Å². The van der Waals surface area contributed by atoms with Gasteiger partial charge in [-0.25, -0.2) is 0 Å². The molecule has 1 aliphatic rings. The van der Waals surface area contributed by atoms with E-state index in [0.29, 0.717) is 12.4 Å². The summed E-state index contributed by atoms with van der Waals surface area (Å²) in [6.07, 6.45) is 1.54. The molecule has 3 atom stereocenters. The first kappa shape index (κ1) is 25.4. The zero-order valence-electron chi connectivity index (χ0n) is 20.2. The maximum atomic E-state index is 13.1. The number of phenolic OH excluding ortho intramolecular Hbond substituents is 1. The van der Waals surface area contributed by atoms with Gasteiger partial charge in [0.05, 0.1) is 29.9 Å². The van der Waals surface area contributed by atoms with Crippen molar-refractivity contribution in [1.82, 2.24) is 13.6 Å². The smallest absolute Gasteiger partial charge is 0.258 e. The number of likely N-dealkylation sites (tertiary alicyclic amines) is 1. The van der Waals surface area contributed by atoms with Crippen molar-refractivity contribution in [3.63, 3.8) is 0 Å². The lowest BCUT2D eigenvalue weighted by Crippen LogP contribution is -2.37. The highest BCUT2D eigenvalue weighted by atomic mass is 32.2. The second-order valence-corrected chi connectivity index (χ2v) is 12.0. The first-order valence-electron chi connectivity index (χ1n) is 11.5. The maximum Gasteiger partial charge on any atom is 0.258 e. The lowest BCUT2D eigenvalue weighted by Gasteiger charge is -2.30. The van der Waals surface area contributed by atoms with Crippen LogP contribution >= 0.6 is 22.5 Å². The lowest BCUT2D eigenvalue weighted by molar-refractivity contribution is 0.0674. The van der Waals surface area contributed by atoms with Crippen LogP contribution in [0.2, 0.25) is 0 Å². The number of nitrogens with one attached hydrogen (secondary N) is 2. The molecule has 1 amide bonds. The van der Waals surface area contributed by atoms with Gasteiger partial charge < -0.3 is 30.3 Å². The second kappa shape index (κ2) is 10.1. The summed E-state index contributed by atoms with van der Waals surface area (Å²) in [4.78, 5) is 17.0. The third kappa shape index (κ3) is 5.43. The van der Waals surface area contributed by atoms with Gasteiger partial charge in [0.1, 0.15) is 0 Å². The molecule has 9 nitrogen and oxygen atoms in total. The number of phenols is 1. The summed E-state index contributed by atoms with van der Waals surface area (Å²) >= 11 is -0.130. The van der Waals surface area contributed by atoms with Gasteiger partial charge in [-0.2, -0.15) is 0 Å². The van der Waals surface area contributed by atoms with Crippen LogP contribution in [0.3, 0.4) is 0 Å². The number of aryl methyl sites for hydroxylation is 1. The third-order valence-electron chi connectivity index (χ3n) is 6.12. The molecule has 35 heavy (non-hydrogen) atoms.